The van der Waals surface area contributed by atoms with Crippen LogP contribution >= 0.6 is 0 Å². The van der Waals surface area contributed by atoms with E-state index in [1.54, 1.807) is 18.5 Å². The van der Waals surface area contributed by atoms with Crippen LogP contribution in [0.2, 0.25) is 0 Å². The first-order chi connectivity index (χ1) is 8.66. The first-order valence-corrected chi connectivity index (χ1v) is 5.91. The molecule has 0 aliphatic rings. The lowest BCUT2D eigenvalue weighted by molar-refractivity contribution is 0.293. The highest BCUT2D eigenvalue weighted by Gasteiger charge is 2.05. The summed E-state index contributed by atoms with van der Waals surface area (Å²) in [7, 11) is 0. The van der Waals surface area contributed by atoms with E-state index in [4.69, 9.17) is 10.5 Å². The number of aryl methyl sites for hydroxylation is 1. The van der Waals surface area contributed by atoms with Gasteiger partial charge < -0.3 is 10.5 Å². The number of hydrogen-bond donors (Lipinski definition) is 1. The lowest BCUT2D eigenvalue weighted by atomic mass is 10.1. The fourth-order valence-corrected chi connectivity index (χ4v) is 1.66. The van der Waals surface area contributed by atoms with E-state index in [9.17, 15) is 0 Å². The predicted molar refractivity (Wildman–Crippen MR) is 70.1 cm³/mol. The van der Waals surface area contributed by atoms with Crippen LogP contribution in [0.4, 0.5) is 0 Å². The molecule has 4 nitrogen and oxygen atoms in total. The summed E-state index contributed by atoms with van der Waals surface area (Å²) < 4.78 is 5.69. The van der Waals surface area contributed by atoms with Gasteiger partial charge in [0, 0.05) is 18.4 Å². The summed E-state index contributed by atoms with van der Waals surface area (Å²) in [4.78, 5) is 8.23. The second-order valence-electron chi connectivity index (χ2n) is 4.27. The summed E-state index contributed by atoms with van der Waals surface area (Å²) in [6, 6.07) is 7.80. The molecule has 0 aliphatic heterocycles. The van der Waals surface area contributed by atoms with Gasteiger partial charge in [-0.25, -0.2) is 9.97 Å². The maximum absolute atomic E-state index is 5.84. The van der Waals surface area contributed by atoms with E-state index in [1.165, 1.54) is 0 Å². The van der Waals surface area contributed by atoms with Gasteiger partial charge in [-0.3, -0.25) is 0 Å². The average molecular weight is 243 g/mol. The monoisotopic (exact) mass is 243 g/mol. The molecule has 1 aromatic heterocycles. The Hall–Kier alpha value is -1.94. The Kier molecular flexibility index (Phi) is 3.89. The summed E-state index contributed by atoms with van der Waals surface area (Å²) in [5.41, 5.74) is 8.01. The Morgan fingerprint density at radius 1 is 1.28 bits per heavy atom. The Labute approximate surface area is 107 Å². The van der Waals surface area contributed by atoms with Crippen molar-refractivity contribution in [2.24, 2.45) is 5.73 Å². The Balaban J connectivity index is 2.06. The van der Waals surface area contributed by atoms with Crippen molar-refractivity contribution in [1.82, 2.24) is 9.97 Å². The topological polar surface area (TPSA) is 61.0 Å². The molecular weight excluding hydrogens is 226 g/mol. The largest absolute Gasteiger partial charge is 0.485 e. The summed E-state index contributed by atoms with van der Waals surface area (Å²) in [6.45, 7) is 4.35. The van der Waals surface area contributed by atoms with E-state index in [1.807, 2.05) is 32.0 Å². The molecule has 4 heteroatoms. The van der Waals surface area contributed by atoms with Gasteiger partial charge in [0.15, 0.2) is 5.82 Å². The molecule has 2 aromatic rings. The summed E-state index contributed by atoms with van der Waals surface area (Å²) in [5.74, 6) is 1.51. The minimum atomic E-state index is 0.0372. The second kappa shape index (κ2) is 5.60. The van der Waals surface area contributed by atoms with E-state index >= 15 is 0 Å². The predicted octanol–water partition coefficient (Wildman–Crippen LogP) is 2.38. The third-order valence-electron chi connectivity index (χ3n) is 2.70. The van der Waals surface area contributed by atoms with Crippen LogP contribution in [0.1, 0.15) is 29.9 Å². The van der Waals surface area contributed by atoms with Gasteiger partial charge in [-0.05, 0) is 37.1 Å². The average Bonchev–Trinajstić information content (AvgIpc) is 2.38. The van der Waals surface area contributed by atoms with Crippen molar-refractivity contribution < 1.29 is 4.74 Å². The van der Waals surface area contributed by atoms with Crippen LogP contribution in [0, 0.1) is 6.92 Å². The molecule has 18 heavy (non-hydrogen) atoms. The Morgan fingerprint density at radius 3 is 2.61 bits per heavy atom. The van der Waals surface area contributed by atoms with Crippen molar-refractivity contribution in [3.05, 3.63) is 53.6 Å². The maximum Gasteiger partial charge on any atom is 0.166 e. The Morgan fingerprint density at radius 2 is 2.00 bits per heavy atom. The quantitative estimate of drug-likeness (QED) is 0.895. The molecule has 0 radical (unpaired) electrons. The molecule has 2 N–H and O–H groups in total. The van der Waals surface area contributed by atoms with Gasteiger partial charge in [-0.1, -0.05) is 12.1 Å². The lowest BCUT2D eigenvalue weighted by Crippen LogP contribution is -2.06. The van der Waals surface area contributed by atoms with Gasteiger partial charge in [0.25, 0.3) is 0 Å². The van der Waals surface area contributed by atoms with Gasteiger partial charge >= 0.3 is 0 Å². The van der Waals surface area contributed by atoms with Crippen LogP contribution < -0.4 is 10.5 Å². The molecule has 0 saturated carbocycles. The number of benzene rings is 1. The smallest absolute Gasteiger partial charge is 0.166 e. The zero-order valence-electron chi connectivity index (χ0n) is 10.6. The van der Waals surface area contributed by atoms with Crippen LogP contribution in [0.5, 0.6) is 5.75 Å². The van der Waals surface area contributed by atoms with Gasteiger partial charge in [-0.2, -0.15) is 0 Å². The number of nitrogens with two attached hydrogens (primary N) is 1. The van der Waals surface area contributed by atoms with Crippen molar-refractivity contribution >= 4 is 0 Å². The first-order valence-electron chi connectivity index (χ1n) is 5.91. The van der Waals surface area contributed by atoms with Crippen LogP contribution in [-0.4, -0.2) is 9.97 Å². The van der Waals surface area contributed by atoms with E-state index in [0.717, 1.165) is 16.9 Å². The number of rotatable bonds is 4. The number of aromatic nitrogens is 2. The summed E-state index contributed by atoms with van der Waals surface area (Å²) >= 11 is 0. The third-order valence-corrected chi connectivity index (χ3v) is 2.70. The molecule has 0 amide bonds. The van der Waals surface area contributed by atoms with Gasteiger partial charge in [0.05, 0.1) is 0 Å². The molecule has 0 bridgehead atoms. The van der Waals surface area contributed by atoms with Gasteiger partial charge in [0.2, 0.25) is 0 Å². The van der Waals surface area contributed by atoms with Gasteiger partial charge in [0.1, 0.15) is 12.4 Å². The van der Waals surface area contributed by atoms with E-state index in [0.29, 0.717) is 12.4 Å². The number of ether oxygens (including phenoxy) is 1. The molecule has 0 aliphatic carbocycles. The van der Waals surface area contributed by atoms with Crippen LogP contribution in [-0.2, 0) is 6.61 Å². The molecular formula is C14H17N3O. The molecule has 0 fully saturated rings. The van der Waals surface area contributed by atoms with Gasteiger partial charge in [-0.15, -0.1) is 0 Å². The molecule has 1 atom stereocenters. The van der Waals surface area contributed by atoms with Crippen molar-refractivity contribution in [1.29, 1.82) is 0 Å². The van der Waals surface area contributed by atoms with Crippen molar-refractivity contribution in [3.8, 4) is 5.75 Å². The molecule has 1 heterocycles. The molecule has 0 saturated heterocycles. The normalized spacial score (nSPS) is 12.2. The second-order valence-corrected chi connectivity index (χ2v) is 4.27. The summed E-state index contributed by atoms with van der Waals surface area (Å²) in [6.07, 6.45) is 3.41. The molecule has 0 spiro atoms. The Bertz CT molecular complexity index is 512. The fraction of sp³-hybridized carbons (Fsp3) is 0.286. The molecule has 2 rings (SSSR count). The highest BCUT2D eigenvalue weighted by atomic mass is 16.5. The highest BCUT2D eigenvalue weighted by Crippen LogP contribution is 2.22. The first kappa shape index (κ1) is 12.5. The van der Waals surface area contributed by atoms with Crippen molar-refractivity contribution in [3.63, 3.8) is 0 Å². The molecule has 0 unspecified atom stereocenters. The minimum absolute atomic E-state index is 0.0372. The highest BCUT2D eigenvalue weighted by molar-refractivity contribution is 5.37. The lowest BCUT2D eigenvalue weighted by Gasteiger charge is -2.11. The molecule has 94 valence electrons. The SMILES string of the molecule is Cc1cc([C@@H](C)N)ccc1OCc1ncccn1. The third kappa shape index (κ3) is 3.05. The van der Waals surface area contributed by atoms with Crippen LogP contribution in [0.3, 0.4) is 0 Å². The molecule has 1 aromatic carbocycles. The van der Waals surface area contributed by atoms with E-state index < -0.39 is 0 Å². The van der Waals surface area contributed by atoms with Crippen molar-refractivity contribution in [2.75, 3.05) is 0 Å². The zero-order valence-corrected chi connectivity index (χ0v) is 10.6. The fourth-order valence-electron chi connectivity index (χ4n) is 1.66. The number of nitrogens with zero attached hydrogens (tertiary/aromatic N) is 2. The standard InChI is InChI=1S/C14H17N3O/c1-10-8-12(11(2)15)4-5-13(10)18-9-14-16-6-3-7-17-14/h3-8,11H,9,15H2,1-2H3/t11-/m1/s1. The van der Waals surface area contributed by atoms with E-state index in [2.05, 4.69) is 9.97 Å². The van der Waals surface area contributed by atoms with Crippen LogP contribution in [0.15, 0.2) is 36.7 Å². The van der Waals surface area contributed by atoms with Crippen molar-refractivity contribution in [2.45, 2.75) is 26.5 Å². The zero-order chi connectivity index (χ0) is 13.0. The van der Waals surface area contributed by atoms with E-state index in [-0.39, 0.29) is 6.04 Å². The summed E-state index contributed by atoms with van der Waals surface area (Å²) in [5, 5.41) is 0. The van der Waals surface area contributed by atoms with Crippen LogP contribution in [0.25, 0.3) is 0 Å². The minimum Gasteiger partial charge on any atom is -0.485 e. The maximum atomic E-state index is 5.84. The number of hydrogen-bond acceptors (Lipinski definition) is 4.